The van der Waals surface area contributed by atoms with Crippen LogP contribution < -0.4 is 5.32 Å². The third-order valence-electron chi connectivity index (χ3n) is 4.04. The zero-order valence-corrected chi connectivity index (χ0v) is 12.2. The Morgan fingerprint density at radius 2 is 2.10 bits per heavy atom. The third-order valence-corrected chi connectivity index (χ3v) is 4.27. The first-order valence-corrected chi connectivity index (χ1v) is 7.36. The van der Waals surface area contributed by atoms with E-state index < -0.39 is 12.0 Å². The van der Waals surface area contributed by atoms with Gasteiger partial charge in [0.1, 0.15) is 11.9 Å². The van der Waals surface area contributed by atoms with Gasteiger partial charge in [0.25, 0.3) is 0 Å². The van der Waals surface area contributed by atoms with Gasteiger partial charge in [0.15, 0.2) is 0 Å². The smallest absolute Gasteiger partial charge is 0.308 e. The first-order valence-electron chi connectivity index (χ1n) is 6.82. The molecule has 0 aromatic heterocycles. The summed E-state index contributed by atoms with van der Waals surface area (Å²) in [5.41, 5.74) is 0. The van der Waals surface area contributed by atoms with E-state index in [2.05, 4.69) is 10.1 Å². The van der Waals surface area contributed by atoms with E-state index in [9.17, 15) is 14.4 Å². The quantitative estimate of drug-likeness (QED) is 0.606. The van der Waals surface area contributed by atoms with Crippen molar-refractivity contribution in [3.63, 3.8) is 0 Å². The van der Waals surface area contributed by atoms with Gasteiger partial charge in [-0.05, 0) is 12.8 Å². The largest absolute Gasteiger partial charge is 0.469 e. The van der Waals surface area contributed by atoms with Crippen molar-refractivity contribution < 1.29 is 19.1 Å². The summed E-state index contributed by atoms with van der Waals surface area (Å²) >= 11 is 5.66. The lowest BCUT2D eigenvalue weighted by molar-refractivity contribution is -0.154. The van der Waals surface area contributed by atoms with Gasteiger partial charge in [-0.15, -0.1) is 11.6 Å². The average Bonchev–Trinajstić information content (AvgIpc) is 2.47. The highest BCUT2D eigenvalue weighted by Gasteiger charge is 2.45. The van der Waals surface area contributed by atoms with E-state index >= 15 is 0 Å². The summed E-state index contributed by atoms with van der Waals surface area (Å²) in [5.74, 6) is -1.29. The second-order valence-electron chi connectivity index (χ2n) is 5.20. The number of ether oxygens (including phenoxy) is 1. The second-order valence-corrected chi connectivity index (χ2v) is 5.46. The lowest BCUT2D eigenvalue weighted by Crippen LogP contribution is -2.68. The van der Waals surface area contributed by atoms with Gasteiger partial charge in [-0.1, -0.05) is 12.8 Å². The maximum Gasteiger partial charge on any atom is 0.308 e. The molecule has 2 fully saturated rings. The topological polar surface area (TPSA) is 75.7 Å². The molecule has 0 aromatic carbocycles. The minimum atomic E-state index is -0.812. The van der Waals surface area contributed by atoms with Crippen LogP contribution in [0.4, 0.5) is 0 Å². The van der Waals surface area contributed by atoms with E-state index in [0.717, 1.165) is 25.7 Å². The zero-order chi connectivity index (χ0) is 14.7. The number of hydrogen-bond donors (Lipinski definition) is 1. The molecule has 1 aliphatic carbocycles. The second kappa shape index (κ2) is 6.43. The highest BCUT2D eigenvalue weighted by Crippen LogP contribution is 2.29. The molecule has 20 heavy (non-hydrogen) atoms. The number of esters is 1. The minimum Gasteiger partial charge on any atom is -0.469 e. The maximum atomic E-state index is 12.2. The Morgan fingerprint density at radius 1 is 1.40 bits per heavy atom. The van der Waals surface area contributed by atoms with Crippen molar-refractivity contribution in [1.29, 1.82) is 0 Å². The highest BCUT2D eigenvalue weighted by atomic mass is 35.5. The zero-order valence-electron chi connectivity index (χ0n) is 11.4. The van der Waals surface area contributed by atoms with Crippen molar-refractivity contribution in [3.05, 3.63) is 0 Å². The van der Waals surface area contributed by atoms with Crippen LogP contribution in [0.2, 0.25) is 0 Å². The van der Waals surface area contributed by atoms with Crippen molar-refractivity contribution in [3.8, 4) is 0 Å². The van der Waals surface area contributed by atoms with Crippen LogP contribution in [0.15, 0.2) is 0 Å². The molecule has 112 valence electrons. The fraction of sp³-hybridized carbons (Fsp3) is 0.769. The van der Waals surface area contributed by atoms with Crippen LogP contribution in [0.25, 0.3) is 0 Å². The number of fused-ring (bicyclic) bond motifs is 1. The number of rotatable bonds is 3. The lowest BCUT2D eigenvalue weighted by Gasteiger charge is -2.47. The number of carbonyl (C=O) groups is 3. The fourth-order valence-corrected chi connectivity index (χ4v) is 3.25. The van der Waals surface area contributed by atoms with Gasteiger partial charge in [0.2, 0.25) is 11.8 Å². The summed E-state index contributed by atoms with van der Waals surface area (Å²) in [5, 5.41) is 2.92. The van der Waals surface area contributed by atoms with E-state index in [1.165, 1.54) is 12.0 Å². The van der Waals surface area contributed by atoms with Crippen molar-refractivity contribution in [2.75, 3.05) is 13.0 Å². The van der Waals surface area contributed by atoms with Crippen molar-refractivity contribution in [2.24, 2.45) is 0 Å². The Kier molecular flexibility index (Phi) is 4.86. The van der Waals surface area contributed by atoms with E-state index in [1.807, 2.05) is 0 Å². The number of methoxy groups -OCH3 is 1. The molecule has 0 radical (unpaired) electrons. The van der Waals surface area contributed by atoms with E-state index in [0.29, 0.717) is 0 Å². The molecule has 1 aliphatic heterocycles. The van der Waals surface area contributed by atoms with Gasteiger partial charge >= 0.3 is 5.97 Å². The number of halogens is 1. The SMILES string of the molecule is COC(=O)C[C@@H]1C(=O)N[C@@H]2CCCC[C@@H]2N1C(=O)CCl. The number of alkyl halides is 1. The standard InChI is InChI=1S/C13H19ClN2O4/c1-20-12(18)6-10-13(19)15-8-4-2-3-5-9(8)16(10)11(17)7-14/h8-10H,2-7H2,1H3,(H,15,19)/t8-,9+,10-/m1/s1. The molecule has 7 heteroatoms. The molecular formula is C13H19ClN2O4. The Labute approximate surface area is 122 Å². The first kappa shape index (κ1) is 15.1. The van der Waals surface area contributed by atoms with Crippen LogP contribution in [0.5, 0.6) is 0 Å². The maximum absolute atomic E-state index is 12.2. The number of amides is 2. The van der Waals surface area contributed by atoms with Gasteiger partial charge in [0, 0.05) is 6.04 Å². The molecule has 2 aliphatic rings. The van der Waals surface area contributed by atoms with Crippen LogP contribution in [0, 0.1) is 0 Å². The van der Waals surface area contributed by atoms with Crippen LogP contribution in [-0.4, -0.2) is 53.8 Å². The minimum absolute atomic E-state index is 0.0303. The van der Waals surface area contributed by atoms with Crippen LogP contribution in [-0.2, 0) is 19.1 Å². The normalized spacial score (nSPS) is 29.4. The van der Waals surface area contributed by atoms with E-state index in [4.69, 9.17) is 11.6 Å². The van der Waals surface area contributed by atoms with E-state index in [1.54, 1.807) is 0 Å². The lowest BCUT2D eigenvalue weighted by atomic mass is 9.85. The molecule has 6 nitrogen and oxygen atoms in total. The van der Waals surface area contributed by atoms with Gasteiger partial charge < -0.3 is 15.0 Å². The summed E-state index contributed by atoms with van der Waals surface area (Å²) in [7, 11) is 1.26. The van der Waals surface area contributed by atoms with Crippen molar-refractivity contribution in [1.82, 2.24) is 10.2 Å². The molecule has 2 amide bonds. The Morgan fingerprint density at radius 3 is 2.75 bits per heavy atom. The molecule has 1 saturated heterocycles. The predicted octanol–water partition coefficient (Wildman–Crippen LogP) is 0.426. The molecule has 1 saturated carbocycles. The van der Waals surface area contributed by atoms with Gasteiger partial charge in [-0.2, -0.15) is 0 Å². The Bertz CT molecular complexity index is 415. The third kappa shape index (κ3) is 2.90. The molecular weight excluding hydrogens is 284 g/mol. The van der Waals surface area contributed by atoms with Gasteiger partial charge in [-0.3, -0.25) is 14.4 Å². The van der Waals surface area contributed by atoms with Crippen molar-refractivity contribution in [2.45, 2.75) is 50.2 Å². The summed E-state index contributed by atoms with van der Waals surface area (Å²) in [6, 6.07) is -0.910. The average molecular weight is 303 g/mol. The number of nitrogens with zero attached hydrogens (tertiary/aromatic N) is 1. The highest BCUT2D eigenvalue weighted by molar-refractivity contribution is 6.27. The number of piperazine rings is 1. The number of nitrogens with one attached hydrogen (secondary N) is 1. The summed E-state index contributed by atoms with van der Waals surface area (Å²) in [6.45, 7) is 0. The molecule has 2 rings (SSSR count). The summed E-state index contributed by atoms with van der Waals surface area (Å²) in [4.78, 5) is 37.3. The molecule has 1 N–H and O–H groups in total. The Balaban J connectivity index is 2.24. The molecule has 0 bridgehead atoms. The molecule has 0 spiro atoms. The summed E-state index contributed by atoms with van der Waals surface area (Å²) < 4.78 is 4.61. The van der Waals surface area contributed by atoms with E-state index in [-0.39, 0.29) is 36.2 Å². The first-order chi connectivity index (χ1) is 9.58. The van der Waals surface area contributed by atoms with Gasteiger partial charge in [-0.25, -0.2) is 0 Å². The van der Waals surface area contributed by atoms with Gasteiger partial charge in [0.05, 0.1) is 19.6 Å². The monoisotopic (exact) mass is 302 g/mol. The Hall–Kier alpha value is -1.30. The molecule has 0 aromatic rings. The number of carbonyl (C=O) groups excluding carboxylic acids is 3. The molecule has 1 heterocycles. The number of hydrogen-bond acceptors (Lipinski definition) is 4. The van der Waals surface area contributed by atoms with Crippen LogP contribution in [0.3, 0.4) is 0 Å². The van der Waals surface area contributed by atoms with Crippen LogP contribution in [0.1, 0.15) is 32.1 Å². The van der Waals surface area contributed by atoms with Crippen LogP contribution >= 0.6 is 11.6 Å². The predicted molar refractivity (Wildman–Crippen MR) is 72.2 cm³/mol. The molecule has 3 atom stereocenters. The molecule has 0 unspecified atom stereocenters. The fourth-order valence-electron chi connectivity index (χ4n) is 3.11. The van der Waals surface area contributed by atoms with Crippen molar-refractivity contribution >= 4 is 29.4 Å². The summed E-state index contributed by atoms with van der Waals surface area (Å²) in [6.07, 6.45) is 3.59.